The van der Waals surface area contributed by atoms with Gasteiger partial charge in [0.2, 0.25) is 0 Å². The van der Waals surface area contributed by atoms with E-state index < -0.39 is 5.82 Å². The molecule has 3 aromatic heterocycles. The number of hydrogen-bond acceptors (Lipinski definition) is 6. The quantitative estimate of drug-likeness (QED) is 0.565. The molecule has 4 rings (SSSR count). The fourth-order valence-corrected chi connectivity index (χ4v) is 3.07. The number of aryl methyl sites for hydroxylation is 2. The molecule has 0 saturated carbocycles. The zero-order valence-corrected chi connectivity index (χ0v) is 15.4. The van der Waals surface area contributed by atoms with Crippen LogP contribution in [0, 0.1) is 19.7 Å². The van der Waals surface area contributed by atoms with Gasteiger partial charge in [-0.1, -0.05) is 6.07 Å². The Morgan fingerprint density at radius 2 is 2.00 bits per heavy atom. The lowest BCUT2D eigenvalue weighted by Gasteiger charge is -2.11. The number of hydrogen-bond donors (Lipinski definition) is 2. The van der Waals surface area contributed by atoms with Crippen LogP contribution >= 0.6 is 0 Å². The van der Waals surface area contributed by atoms with Crippen LogP contribution in [0.25, 0.3) is 16.6 Å². The van der Waals surface area contributed by atoms with Gasteiger partial charge in [-0.05, 0) is 26.0 Å². The van der Waals surface area contributed by atoms with Crippen molar-refractivity contribution < 1.29 is 9.13 Å². The maximum Gasteiger partial charge on any atom is 0.273 e. The van der Waals surface area contributed by atoms with Crippen molar-refractivity contribution in [3.63, 3.8) is 0 Å². The first-order valence-electron chi connectivity index (χ1n) is 8.49. The van der Waals surface area contributed by atoms with E-state index in [0.717, 1.165) is 5.69 Å². The van der Waals surface area contributed by atoms with Crippen molar-refractivity contribution in [3.8, 4) is 11.4 Å². The molecule has 0 atom stereocenters. The molecule has 3 heterocycles. The van der Waals surface area contributed by atoms with E-state index in [2.05, 4.69) is 25.4 Å². The highest BCUT2D eigenvalue weighted by atomic mass is 19.1. The van der Waals surface area contributed by atoms with Gasteiger partial charge in [0.1, 0.15) is 23.1 Å². The smallest absolute Gasteiger partial charge is 0.273 e. The van der Waals surface area contributed by atoms with Crippen LogP contribution in [0.5, 0.6) is 5.75 Å². The summed E-state index contributed by atoms with van der Waals surface area (Å²) < 4.78 is 20.8. The summed E-state index contributed by atoms with van der Waals surface area (Å²) in [6, 6.07) is 7.97. The van der Waals surface area contributed by atoms with Crippen LogP contribution in [0.4, 0.5) is 16.0 Å². The number of nitrogens with zero attached hydrogens (tertiary/aromatic N) is 4. The Hall–Kier alpha value is -3.75. The summed E-state index contributed by atoms with van der Waals surface area (Å²) in [7, 11) is 1.38. The Kier molecular flexibility index (Phi) is 4.26. The number of rotatable bonds is 4. The van der Waals surface area contributed by atoms with Gasteiger partial charge in [-0.15, -0.1) is 0 Å². The third-order valence-electron chi connectivity index (χ3n) is 4.19. The molecular weight excluding hydrogens is 363 g/mol. The number of ether oxygens (including phenoxy) is 1. The van der Waals surface area contributed by atoms with Crippen LogP contribution in [-0.2, 0) is 0 Å². The molecule has 0 radical (unpaired) electrons. The van der Waals surface area contributed by atoms with E-state index in [9.17, 15) is 9.18 Å². The Morgan fingerprint density at radius 1 is 1.18 bits per heavy atom. The molecule has 142 valence electrons. The van der Waals surface area contributed by atoms with Gasteiger partial charge in [0.05, 0.1) is 18.0 Å². The largest absolute Gasteiger partial charge is 0.492 e. The van der Waals surface area contributed by atoms with Crippen molar-refractivity contribution in [2.24, 2.45) is 0 Å². The number of benzene rings is 1. The number of nitrogens with one attached hydrogen (secondary N) is 2. The third-order valence-corrected chi connectivity index (χ3v) is 4.19. The zero-order chi connectivity index (χ0) is 19.8. The molecule has 9 heteroatoms. The number of H-pyrrole nitrogens is 1. The first-order valence-corrected chi connectivity index (χ1v) is 8.49. The van der Waals surface area contributed by atoms with Gasteiger partial charge in [-0.25, -0.2) is 24.0 Å². The second-order valence-electron chi connectivity index (χ2n) is 6.22. The number of methoxy groups -OCH3 is 1. The number of aromatic nitrogens is 5. The minimum atomic E-state index is -0.526. The summed E-state index contributed by atoms with van der Waals surface area (Å²) in [5.74, 6) is 1.20. The Morgan fingerprint density at radius 3 is 2.75 bits per heavy atom. The SMILES string of the molecule is COc1c(F)cccc1-n1[nH]c(=O)c2cnc(Nc3cc(C)nc(C)n3)cc21. The first kappa shape index (κ1) is 17.7. The summed E-state index contributed by atoms with van der Waals surface area (Å²) in [6.07, 6.45) is 1.46. The molecule has 8 nitrogen and oxygen atoms in total. The molecule has 0 spiro atoms. The van der Waals surface area contributed by atoms with Gasteiger partial charge in [0.15, 0.2) is 11.6 Å². The normalized spacial score (nSPS) is 11.0. The lowest BCUT2D eigenvalue weighted by Crippen LogP contribution is -2.06. The highest BCUT2D eigenvalue weighted by molar-refractivity contribution is 5.82. The first-order chi connectivity index (χ1) is 13.5. The fraction of sp³-hybridized carbons (Fsp3) is 0.158. The number of para-hydroxylation sites is 1. The average Bonchev–Trinajstić information content (AvgIpc) is 2.96. The van der Waals surface area contributed by atoms with Gasteiger partial charge in [0.25, 0.3) is 5.56 Å². The Balaban J connectivity index is 1.85. The van der Waals surface area contributed by atoms with E-state index in [1.807, 2.05) is 6.92 Å². The van der Waals surface area contributed by atoms with Crippen LogP contribution in [0.3, 0.4) is 0 Å². The molecular formula is C19H17FN6O2. The highest BCUT2D eigenvalue weighted by Crippen LogP contribution is 2.28. The lowest BCUT2D eigenvalue weighted by molar-refractivity contribution is 0.384. The van der Waals surface area contributed by atoms with Crippen LogP contribution in [0.15, 0.2) is 41.3 Å². The summed E-state index contributed by atoms with van der Waals surface area (Å²) in [4.78, 5) is 25.2. The summed E-state index contributed by atoms with van der Waals surface area (Å²) >= 11 is 0. The topological polar surface area (TPSA) is 97.7 Å². The van der Waals surface area contributed by atoms with E-state index >= 15 is 0 Å². The van der Waals surface area contributed by atoms with Crippen molar-refractivity contribution in [3.05, 3.63) is 64.2 Å². The Bertz CT molecular complexity index is 1230. The molecule has 0 aliphatic heterocycles. The monoisotopic (exact) mass is 380 g/mol. The lowest BCUT2D eigenvalue weighted by atomic mass is 10.2. The van der Waals surface area contributed by atoms with E-state index in [0.29, 0.717) is 34.1 Å². The van der Waals surface area contributed by atoms with Crippen LogP contribution < -0.4 is 15.6 Å². The molecule has 28 heavy (non-hydrogen) atoms. The average molecular weight is 380 g/mol. The van der Waals surface area contributed by atoms with Crippen LogP contribution in [0.1, 0.15) is 11.5 Å². The predicted octanol–water partition coefficient (Wildman–Crippen LogP) is 3.01. The highest BCUT2D eigenvalue weighted by Gasteiger charge is 2.16. The second kappa shape index (κ2) is 6.76. The summed E-state index contributed by atoms with van der Waals surface area (Å²) in [5.41, 5.74) is 1.38. The number of pyridine rings is 1. The second-order valence-corrected chi connectivity index (χ2v) is 6.22. The molecule has 1 aromatic carbocycles. The van der Waals surface area contributed by atoms with E-state index in [-0.39, 0.29) is 11.3 Å². The molecule has 0 unspecified atom stereocenters. The van der Waals surface area contributed by atoms with Gasteiger partial charge in [-0.3, -0.25) is 9.89 Å². The van der Waals surface area contributed by atoms with E-state index in [4.69, 9.17) is 4.74 Å². The van der Waals surface area contributed by atoms with Crippen molar-refractivity contribution in [2.75, 3.05) is 12.4 Å². The number of halogens is 1. The number of anilines is 2. The van der Waals surface area contributed by atoms with Crippen molar-refractivity contribution in [1.29, 1.82) is 0 Å². The molecule has 0 aliphatic carbocycles. The molecule has 0 bridgehead atoms. The van der Waals surface area contributed by atoms with E-state index in [1.54, 1.807) is 31.2 Å². The third kappa shape index (κ3) is 3.07. The molecule has 0 saturated heterocycles. The van der Waals surface area contributed by atoms with Crippen molar-refractivity contribution in [1.82, 2.24) is 24.7 Å². The van der Waals surface area contributed by atoms with Gasteiger partial charge >= 0.3 is 0 Å². The zero-order valence-electron chi connectivity index (χ0n) is 15.4. The minimum absolute atomic E-state index is 0.0315. The van der Waals surface area contributed by atoms with Crippen molar-refractivity contribution >= 4 is 22.5 Å². The van der Waals surface area contributed by atoms with Gasteiger partial charge in [0, 0.05) is 24.0 Å². The molecule has 0 aliphatic rings. The summed E-state index contributed by atoms with van der Waals surface area (Å²) in [6.45, 7) is 3.67. The maximum absolute atomic E-state index is 14.1. The predicted molar refractivity (Wildman–Crippen MR) is 103 cm³/mol. The number of aromatic amines is 1. The summed E-state index contributed by atoms with van der Waals surface area (Å²) in [5, 5.41) is 6.18. The van der Waals surface area contributed by atoms with Crippen LogP contribution in [0.2, 0.25) is 0 Å². The molecule has 2 N–H and O–H groups in total. The minimum Gasteiger partial charge on any atom is -0.492 e. The standard InChI is InChI=1S/C19H17FN6O2/c1-10-7-17(23-11(2)22-10)24-16-8-15-12(9-21-16)19(27)25-26(15)14-6-4-5-13(20)18(14)28-3/h4-9H,1-3H3,(H,25,27)(H,21,22,23,24). The molecule has 0 amide bonds. The molecule has 4 aromatic rings. The maximum atomic E-state index is 14.1. The van der Waals surface area contributed by atoms with E-state index in [1.165, 1.54) is 24.1 Å². The fourth-order valence-electron chi connectivity index (χ4n) is 3.07. The Labute approximate surface area is 159 Å². The van der Waals surface area contributed by atoms with Crippen LogP contribution in [-0.4, -0.2) is 31.8 Å². The van der Waals surface area contributed by atoms with Gasteiger partial charge < -0.3 is 10.1 Å². The van der Waals surface area contributed by atoms with Gasteiger partial charge in [-0.2, -0.15) is 0 Å². The molecule has 0 fully saturated rings. The van der Waals surface area contributed by atoms with Crippen molar-refractivity contribution in [2.45, 2.75) is 13.8 Å². The number of fused-ring (bicyclic) bond motifs is 1.